The van der Waals surface area contributed by atoms with E-state index >= 15 is 0 Å². The third-order valence-electron chi connectivity index (χ3n) is 4.61. The maximum atomic E-state index is 13.1. The van der Waals surface area contributed by atoms with Crippen molar-refractivity contribution in [2.75, 3.05) is 20.2 Å². The molecular weight excluding hydrogens is 376 g/mol. The van der Waals surface area contributed by atoms with Gasteiger partial charge in [-0.3, -0.25) is 4.79 Å². The Morgan fingerprint density at radius 3 is 2.85 bits per heavy atom. The summed E-state index contributed by atoms with van der Waals surface area (Å²) in [5.41, 5.74) is 0. The largest absolute Gasteiger partial charge is 0.495 e. The van der Waals surface area contributed by atoms with Crippen LogP contribution in [-0.4, -0.2) is 44.9 Å². The van der Waals surface area contributed by atoms with E-state index in [0.717, 1.165) is 12.8 Å². The van der Waals surface area contributed by atoms with Crippen LogP contribution in [0.1, 0.15) is 39.5 Å². The second-order valence-electron chi connectivity index (χ2n) is 6.70. The Labute approximate surface area is 160 Å². The Hall–Kier alpha value is -1.31. The summed E-state index contributed by atoms with van der Waals surface area (Å²) in [5, 5.41) is 3.31. The van der Waals surface area contributed by atoms with Gasteiger partial charge in [0.1, 0.15) is 10.6 Å². The first-order chi connectivity index (χ1) is 12.3. The molecule has 1 heterocycles. The van der Waals surface area contributed by atoms with Crippen LogP contribution in [0.2, 0.25) is 5.02 Å². The SMILES string of the molecule is CCC[C@H](C)NC(=O)[C@H]1CCCN(S(=O)(=O)c2cc(Cl)ccc2OC)C1. The first-order valence-electron chi connectivity index (χ1n) is 8.93. The van der Waals surface area contributed by atoms with Crippen molar-refractivity contribution >= 4 is 27.5 Å². The van der Waals surface area contributed by atoms with Gasteiger partial charge < -0.3 is 10.1 Å². The van der Waals surface area contributed by atoms with E-state index in [1.807, 2.05) is 6.92 Å². The zero-order chi connectivity index (χ0) is 19.3. The number of carbonyl (C=O) groups excluding carboxylic acids is 1. The first-order valence-corrected chi connectivity index (χ1v) is 10.8. The molecular formula is C18H27ClN2O4S. The van der Waals surface area contributed by atoms with Crippen molar-refractivity contribution in [2.45, 2.75) is 50.5 Å². The highest BCUT2D eigenvalue weighted by Crippen LogP contribution is 2.32. The number of carbonyl (C=O) groups is 1. The lowest BCUT2D eigenvalue weighted by Gasteiger charge is -2.32. The fourth-order valence-corrected chi connectivity index (χ4v) is 5.17. The minimum absolute atomic E-state index is 0.0351. The third-order valence-corrected chi connectivity index (χ3v) is 6.73. The maximum absolute atomic E-state index is 13.1. The van der Waals surface area contributed by atoms with Crippen LogP contribution < -0.4 is 10.1 Å². The number of hydrogen-bond acceptors (Lipinski definition) is 4. The van der Waals surface area contributed by atoms with Crippen molar-refractivity contribution in [3.63, 3.8) is 0 Å². The van der Waals surface area contributed by atoms with Crippen LogP contribution in [0, 0.1) is 5.92 Å². The lowest BCUT2D eigenvalue weighted by molar-refractivity contribution is -0.126. The lowest BCUT2D eigenvalue weighted by Crippen LogP contribution is -2.47. The zero-order valence-electron chi connectivity index (χ0n) is 15.5. The number of nitrogens with one attached hydrogen (secondary N) is 1. The Morgan fingerprint density at radius 1 is 1.46 bits per heavy atom. The molecule has 2 rings (SSSR count). The standard InChI is InChI=1S/C18H27ClN2O4S/c1-4-6-13(2)20-18(22)14-7-5-10-21(12-14)26(23,24)17-11-15(19)8-9-16(17)25-3/h8-9,11,13-14H,4-7,10,12H2,1-3H3,(H,20,22)/t13-,14-/m0/s1. The number of nitrogens with zero attached hydrogens (tertiary/aromatic N) is 1. The highest BCUT2D eigenvalue weighted by atomic mass is 35.5. The number of ether oxygens (including phenoxy) is 1. The number of piperidine rings is 1. The van der Waals surface area contributed by atoms with Crippen LogP contribution in [-0.2, 0) is 14.8 Å². The molecule has 2 atom stereocenters. The monoisotopic (exact) mass is 402 g/mol. The molecule has 0 saturated carbocycles. The number of amides is 1. The van der Waals surface area contributed by atoms with E-state index in [9.17, 15) is 13.2 Å². The van der Waals surface area contributed by atoms with E-state index in [-0.39, 0.29) is 35.1 Å². The van der Waals surface area contributed by atoms with Crippen LogP contribution in [0.5, 0.6) is 5.75 Å². The highest BCUT2D eigenvalue weighted by molar-refractivity contribution is 7.89. The number of methoxy groups -OCH3 is 1. The molecule has 6 nitrogen and oxygen atoms in total. The number of benzene rings is 1. The maximum Gasteiger partial charge on any atom is 0.246 e. The fourth-order valence-electron chi connectivity index (χ4n) is 3.23. The van der Waals surface area contributed by atoms with Crippen LogP contribution in [0.4, 0.5) is 0 Å². The summed E-state index contributed by atoms with van der Waals surface area (Å²) in [7, 11) is -2.37. The average Bonchev–Trinajstić information content (AvgIpc) is 2.62. The van der Waals surface area contributed by atoms with Crippen molar-refractivity contribution in [2.24, 2.45) is 5.92 Å². The Kier molecular flexibility index (Phi) is 7.32. The molecule has 8 heteroatoms. The summed E-state index contributed by atoms with van der Waals surface area (Å²) in [4.78, 5) is 12.5. The van der Waals surface area contributed by atoms with Crippen LogP contribution in [0.3, 0.4) is 0 Å². The van der Waals surface area contributed by atoms with E-state index in [0.29, 0.717) is 24.4 Å². The van der Waals surface area contributed by atoms with Crippen LogP contribution >= 0.6 is 11.6 Å². The second kappa shape index (κ2) is 9.06. The number of sulfonamides is 1. The Morgan fingerprint density at radius 2 is 2.19 bits per heavy atom. The minimum atomic E-state index is -3.79. The Bertz CT molecular complexity index is 739. The van der Waals surface area contributed by atoms with Gasteiger partial charge in [-0.1, -0.05) is 24.9 Å². The van der Waals surface area contributed by atoms with Crippen molar-refractivity contribution < 1.29 is 17.9 Å². The zero-order valence-corrected chi connectivity index (χ0v) is 17.1. The smallest absolute Gasteiger partial charge is 0.246 e. The van der Waals surface area contributed by atoms with E-state index in [1.54, 1.807) is 6.07 Å². The van der Waals surface area contributed by atoms with Crippen LogP contribution in [0.15, 0.2) is 23.1 Å². The van der Waals surface area contributed by atoms with E-state index in [2.05, 4.69) is 12.2 Å². The van der Waals surface area contributed by atoms with Gasteiger partial charge in [0.15, 0.2) is 0 Å². The minimum Gasteiger partial charge on any atom is -0.495 e. The lowest BCUT2D eigenvalue weighted by atomic mass is 9.98. The number of halogens is 1. The predicted molar refractivity (Wildman–Crippen MR) is 102 cm³/mol. The molecule has 1 amide bonds. The van der Waals surface area contributed by atoms with Gasteiger partial charge in [-0.25, -0.2) is 8.42 Å². The summed E-state index contributed by atoms with van der Waals surface area (Å²) in [6.45, 7) is 4.58. The summed E-state index contributed by atoms with van der Waals surface area (Å²) >= 11 is 5.98. The van der Waals surface area contributed by atoms with Crippen molar-refractivity contribution in [3.05, 3.63) is 23.2 Å². The molecule has 1 aliphatic heterocycles. The van der Waals surface area contributed by atoms with Crippen molar-refractivity contribution in [1.82, 2.24) is 9.62 Å². The number of rotatable bonds is 7. The average molecular weight is 403 g/mol. The van der Waals surface area contributed by atoms with Gasteiger partial charge in [0.25, 0.3) is 0 Å². The topological polar surface area (TPSA) is 75.7 Å². The second-order valence-corrected chi connectivity index (χ2v) is 9.04. The predicted octanol–water partition coefficient (Wildman–Crippen LogP) is 3.05. The van der Waals surface area contributed by atoms with Crippen molar-refractivity contribution in [3.8, 4) is 5.75 Å². The van der Waals surface area contributed by atoms with Gasteiger partial charge in [-0.15, -0.1) is 0 Å². The van der Waals surface area contributed by atoms with Gasteiger partial charge in [0, 0.05) is 24.2 Å². The molecule has 0 aliphatic carbocycles. The summed E-state index contributed by atoms with van der Waals surface area (Å²) in [6.07, 6.45) is 3.22. The molecule has 0 unspecified atom stereocenters. The molecule has 1 fully saturated rings. The van der Waals surface area contributed by atoms with E-state index in [1.165, 1.54) is 23.5 Å². The normalized spacial score (nSPS) is 19.8. The van der Waals surface area contributed by atoms with Crippen molar-refractivity contribution in [1.29, 1.82) is 0 Å². The summed E-state index contributed by atoms with van der Waals surface area (Å²) < 4.78 is 32.7. The third kappa shape index (κ3) is 4.90. The molecule has 1 saturated heterocycles. The molecule has 1 aromatic rings. The first kappa shape index (κ1) is 21.0. The molecule has 26 heavy (non-hydrogen) atoms. The number of hydrogen-bond donors (Lipinski definition) is 1. The van der Waals surface area contributed by atoms with Gasteiger partial charge in [0.2, 0.25) is 15.9 Å². The molecule has 1 aliphatic rings. The molecule has 0 aromatic heterocycles. The molecule has 0 radical (unpaired) electrons. The molecule has 146 valence electrons. The summed E-state index contributed by atoms with van der Waals surface area (Å²) in [5.74, 6) is -0.176. The quantitative estimate of drug-likeness (QED) is 0.760. The summed E-state index contributed by atoms with van der Waals surface area (Å²) in [6, 6.07) is 4.60. The van der Waals surface area contributed by atoms with Gasteiger partial charge >= 0.3 is 0 Å². The van der Waals surface area contributed by atoms with E-state index in [4.69, 9.17) is 16.3 Å². The van der Waals surface area contributed by atoms with Crippen LogP contribution in [0.25, 0.3) is 0 Å². The Balaban J connectivity index is 2.18. The van der Waals surface area contributed by atoms with E-state index < -0.39 is 10.0 Å². The highest BCUT2D eigenvalue weighted by Gasteiger charge is 2.35. The molecule has 0 bridgehead atoms. The molecule has 0 spiro atoms. The fraction of sp³-hybridized carbons (Fsp3) is 0.611. The van der Waals surface area contributed by atoms with Gasteiger partial charge in [-0.05, 0) is 44.4 Å². The van der Waals surface area contributed by atoms with Gasteiger partial charge in [-0.2, -0.15) is 4.31 Å². The molecule has 1 aromatic carbocycles. The molecule has 1 N–H and O–H groups in total. The van der Waals surface area contributed by atoms with Gasteiger partial charge in [0.05, 0.1) is 13.0 Å².